The van der Waals surface area contributed by atoms with Gasteiger partial charge in [0, 0.05) is 32.3 Å². The van der Waals surface area contributed by atoms with E-state index in [2.05, 4.69) is 15.3 Å². The van der Waals surface area contributed by atoms with E-state index in [1.54, 1.807) is 41.8 Å². The Kier molecular flexibility index (Phi) is 6.92. The van der Waals surface area contributed by atoms with Gasteiger partial charge >= 0.3 is 5.69 Å². The van der Waals surface area contributed by atoms with Crippen LogP contribution in [0.2, 0.25) is 5.02 Å². The van der Waals surface area contributed by atoms with E-state index in [0.717, 1.165) is 48.7 Å². The van der Waals surface area contributed by atoms with Gasteiger partial charge in [0.15, 0.2) is 0 Å². The quantitative estimate of drug-likeness (QED) is 0.390. The van der Waals surface area contributed by atoms with E-state index in [1.807, 2.05) is 34.9 Å². The number of halogens is 1. The zero-order valence-electron chi connectivity index (χ0n) is 22.6. The number of imidazole rings is 1. The molecule has 9 nitrogen and oxygen atoms in total. The number of anilines is 1. The second-order valence-electron chi connectivity index (χ2n) is 10.8. The number of pyridine rings is 2. The van der Waals surface area contributed by atoms with Gasteiger partial charge in [0.25, 0.3) is 5.91 Å². The summed E-state index contributed by atoms with van der Waals surface area (Å²) in [7, 11) is 0. The Hall–Kier alpha value is -3.98. The lowest BCUT2D eigenvalue weighted by molar-refractivity contribution is -0.116. The van der Waals surface area contributed by atoms with Crippen LogP contribution in [0.4, 0.5) is 5.82 Å². The van der Waals surface area contributed by atoms with Crippen molar-refractivity contribution in [1.82, 2.24) is 24.4 Å². The lowest BCUT2D eigenvalue weighted by Gasteiger charge is -2.29. The number of carbonyl (C=O) groups excluding carboxylic acids is 2. The number of nitrogens with zero attached hydrogens (tertiary/aromatic N) is 5. The van der Waals surface area contributed by atoms with Crippen LogP contribution in [0.15, 0.2) is 53.6 Å². The normalized spacial score (nSPS) is 18.6. The minimum atomic E-state index is -0.149. The minimum absolute atomic E-state index is 0.0290. The Balaban J connectivity index is 1.20. The molecule has 1 saturated carbocycles. The smallest absolute Gasteiger partial charge is 0.333 e. The highest BCUT2D eigenvalue weighted by molar-refractivity contribution is 6.30. The molecule has 1 aliphatic carbocycles. The summed E-state index contributed by atoms with van der Waals surface area (Å²) >= 11 is 6.05. The molecule has 10 heteroatoms. The van der Waals surface area contributed by atoms with Crippen molar-refractivity contribution in [2.75, 3.05) is 11.4 Å². The molecule has 40 heavy (non-hydrogen) atoms. The van der Waals surface area contributed by atoms with Crippen molar-refractivity contribution >= 4 is 40.3 Å². The molecule has 1 aromatic carbocycles. The van der Waals surface area contributed by atoms with Crippen molar-refractivity contribution in [2.45, 2.75) is 58.5 Å². The molecule has 1 fully saturated rings. The standard InChI is InChI=1S/C30H31ClN6O3/c1-18-25(14-22(31)15-32-18)29(39)34-23-9-7-20(8-10-23)17-36-26-5-3-4-6-27(26)37(30(36)40)24-13-21-11-12-35(19(2)38)28(21)33-16-24/h3-6,13-16,20,23H,7-12,17H2,1-2H3,(H,34,39)/t20-,23-. The van der Waals surface area contributed by atoms with Gasteiger partial charge in [-0.2, -0.15) is 0 Å². The molecule has 1 N–H and O–H groups in total. The van der Waals surface area contributed by atoms with Crippen molar-refractivity contribution < 1.29 is 9.59 Å². The van der Waals surface area contributed by atoms with E-state index in [1.165, 1.54) is 0 Å². The Bertz CT molecular complexity index is 1680. The van der Waals surface area contributed by atoms with Gasteiger partial charge in [-0.25, -0.2) is 9.78 Å². The van der Waals surface area contributed by atoms with E-state index < -0.39 is 0 Å². The van der Waals surface area contributed by atoms with Crippen molar-refractivity contribution in [3.05, 3.63) is 81.1 Å². The van der Waals surface area contributed by atoms with Crippen LogP contribution in [0.25, 0.3) is 16.7 Å². The first-order valence-electron chi connectivity index (χ1n) is 13.7. The van der Waals surface area contributed by atoms with Crippen LogP contribution >= 0.6 is 11.6 Å². The number of amides is 2. The summed E-state index contributed by atoms with van der Waals surface area (Å²) in [5.74, 6) is 0.823. The van der Waals surface area contributed by atoms with Gasteiger partial charge in [-0.15, -0.1) is 0 Å². The van der Waals surface area contributed by atoms with E-state index >= 15 is 0 Å². The number of nitrogens with one attached hydrogen (secondary N) is 1. The number of aromatic nitrogens is 4. The summed E-state index contributed by atoms with van der Waals surface area (Å²) in [4.78, 5) is 49.0. The molecule has 1 aliphatic heterocycles. The van der Waals surface area contributed by atoms with Crippen LogP contribution in [0.3, 0.4) is 0 Å². The number of hydrogen-bond donors (Lipinski definition) is 1. The van der Waals surface area contributed by atoms with Gasteiger partial charge < -0.3 is 5.32 Å². The molecule has 6 rings (SSSR count). The largest absolute Gasteiger partial charge is 0.349 e. The minimum Gasteiger partial charge on any atom is -0.349 e. The first-order chi connectivity index (χ1) is 19.3. The average Bonchev–Trinajstić information content (AvgIpc) is 3.49. The molecule has 2 amide bonds. The van der Waals surface area contributed by atoms with Gasteiger partial charge in [0.05, 0.1) is 39.2 Å². The summed E-state index contributed by atoms with van der Waals surface area (Å²) < 4.78 is 3.60. The third-order valence-corrected chi connectivity index (χ3v) is 8.39. The number of fused-ring (bicyclic) bond motifs is 2. The monoisotopic (exact) mass is 558 g/mol. The SMILES string of the molecule is CC(=O)N1CCc2cc(-n3c(=O)n(C[C@H]4CC[C@H](NC(=O)c5cc(Cl)cnc5C)CC4)c4ccccc43)cnc21. The van der Waals surface area contributed by atoms with E-state index in [9.17, 15) is 14.4 Å². The molecule has 0 saturated heterocycles. The zero-order chi connectivity index (χ0) is 28.0. The number of para-hydroxylation sites is 2. The number of hydrogen-bond acceptors (Lipinski definition) is 5. The highest BCUT2D eigenvalue weighted by Gasteiger charge is 2.27. The maximum absolute atomic E-state index is 13.8. The zero-order valence-corrected chi connectivity index (χ0v) is 23.3. The maximum Gasteiger partial charge on any atom is 0.333 e. The second-order valence-corrected chi connectivity index (χ2v) is 11.2. The van der Waals surface area contributed by atoms with Gasteiger partial charge in [0.2, 0.25) is 5.91 Å². The fourth-order valence-corrected chi connectivity index (χ4v) is 6.22. The Morgan fingerprint density at radius 3 is 2.55 bits per heavy atom. The number of carbonyl (C=O) groups is 2. The maximum atomic E-state index is 13.8. The topological polar surface area (TPSA) is 102 Å². The second kappa shape index (κ2) is 10.5. The molecular weight excluding hydrogens is 528 g/mol. The average molecular weight is 559 g/mol. The third kappa shape index (κ3) is 4.79. The van der Waals surface area contributed by atoms with Crippen molar-refractivity contribution in [1.29, 1.82) is 0 Å². The summed E-state index contributed by atoms with van der Waals surface area (Å²) in [5.41, 5.74) is 4.47. The first kappa shape index (κ1) is 26.3. The molecule has 3 aromatic heterocycles. The molecule has 0 spiro atoms. The summed E-state index contributed by atoms with van der Waals surface area (Å²) in [6.07, 6.45) is 7.45. The van der Waals surface area contributed by atoms with Gasteiger partial charge in [-0.05, 0) is 74.8 Å². The predicted octanol–water partition coefficient (Wildman–Crippen LogP) is 4.44. The third-order valence-electron chi connectivity index (χ3n) is 8.18. The lowest BCUT2D eigenvalue weighted by Crippen LogP contribution is -2.39. The van der Waals surface area contributed by atoms with Crippen LogP contribution in [0.5, 0.6) is 0 Å². The lowest BCUT2D eigenvalue weighted by atomic mass is 9.85. The van der Waals surface area contributed by atoms with Crippen LogP contribution < -0.4 is 15.9 Å². The summed E-state index contributed by atoms with van der Waals surface area (Å²) in [5, 5.41) is 3.59. The fourth-order valence-electron chi connectivity index (χ4n) is 6.07. The molecule has 206 valence electrons. The molecule has 2 aliphatic rings. The number of aryl methyl sites for hydroxylation is 1. The predicted molar refractivity (Wildman–Crippen MR) is 154 cm³/mol. The van der Waals surface area contributed by atoms with Gasteiger partial charge in [-0.1, -0.05) is 23.7 Å². The first-order valence-corrected chi connectivity index (χ1v) is 14.1. The Morgan fingerprint density at radius 1 is 1.05 bits per heavy atom. The summed E-state index contributed by atoms with van der Waals surface area (Å²) in [6.45, 7) is 4.56. The molecule has 0 atom stereocenters. The molecule has 0 radical (unpaired) electrons. The van der Waals surface area contributed by atoms with Crippen LogP contribution in [-0.2, 0) is 17.8 Å². The van der Waals surface area contributed by atoms with Crippen LogP contribution in [0.1, 0.15) is 54.2 Å². The fraction of sp³-hybridized carbons (Fsp3) is 0.367. The van der Waals surface area contributed by atoms with Crippen molar-refractivity contribution in [3.8, 4) is 5.69 Å². The van der Waals surface area contributed by atoms with Crippen molar-refractivity contribution in [3.63, 3.8) is 0 Å². The van der Waals surface area contributed by atoms with Crippen LogP contribution in [0, 0.1) is 12.8 Å². The molecule has 4 aromatic rings. The molecular formula is C30H31ClN6O3. The number of rotatable bonds is 5. The van der Waals surface area contributed by atoms with E-state index in [4.69, 9.17) is 11.6 Å². The summed E-state index contributed by atoms with van der Waals surface area (Å²) in [6, 6.07) is 11.5. The Morgan fingerprint density at radius 2 is 1.80 bits per heavy atom. The van der Waals surface area contributed by atoms with E-state index in [-0.39, 0.29) is 23.5 Å². The van der Waals surface area contributed by atoms with Crippen molar-refractivity contribution in [2.24, 2.45) is 5.92 Å². The van der Waals surface area contributed by atoms with Crippen LogP contribution in [-0.4, -0.2) is 43.5 Å². The highest BCUT2D eigenvalue weighted by atomic mass is 35.5. The molecule has 0 unspecified atom stereocenters. The number of benzene rings is 1. The molecule has 4 heterocycles. The highest BCUT2D eigenvalue weighted by Crippen LogP contribution is 2.30. The van der Waals surface area contributed by atoms with Gasteiger partial charge in [0.1, 0.15) is 5.82 Å². The van der Waals surface area contributed by atoms with Gasteiger partial charge in [-0.3, -0.25) is 28.6 Å². The Labute approximate surface area is 236 Å². The molecule has 0 bridgehead atoms. The van der Waals surface area contributed by atoms with E-state index in [0.29, 0.717) is 46.8 Å².